The van der Waals surface area contributed by atoms with Crippen molar-refractivity contribution < 1.29 is 9.47 Å². The summed E-state index contributed by atoms with van der Waals surface area (Å²) in [7, 11) is 9.05. The fraction of sp³-hybridized carbons (Fsp3) is 0.400. The minimum absolute atomic E-state index is 0.569. The normalized spacial score (nSPS) is 9.93. The number of nitrogens with two attached hydrogens (primary N) is 1. The molecule has 0 aliphatic carbocycles. The maximum absolute atomic E-state index is 5.90. The number of rotatable bonds is 4. The second-order valence-corrected chi connectivity index (χ2v) is 2.91. The number of hydrogen-bond donors (Lipinski definition) is 1. The molecule has 3 nitrogen and oxygen atoms in total. The molecule has 1 aromatic carbocycles. The number of methoxy groups -OCH3 is 2. The van der Waals surface area contributed by atoms with Crippen LogP contribution in [0.1, 0.15) is 5.56 Å². The van der Waals surface area contributed by atoms with Crippen LogP contribution in [0.15, 0.2) is 12.1 Å². The highest BCUT2D eigenvalue weighted by Gasteiger charge is 2.09. The molecule has 0 spiro atoms. The van der Waals surface area contributed by atoms with Crippen molar-refractivity contribution in [2.75, 3.05) is 20.8 Å². The SMILES string of the molecule is [B]c1c(CCN)ccc(OC)c1OC. The maximum Gasteiger partial charge on any atom is 0.160 e. The molecule has 14 heavy (non-hydrogen) atoms. The zero-order valence-electron chi connectivity index (χ0n) is 8.54. The second-order valence-electron chi connectivity index (χ2n) is 2.91. The van der Waals surface area contributed by atoms with Crippen molar-refractivity contribution >= 4 is 13.3 Å². The molecule has 0 saturated heterocycles. The predicted octanol–water partition coefficient (Wildman–Crippen LogP) is -0.00120. The van der Waals surface area contributed by atoms with E-state index >= 15 is 0 Å². The Hall–Kier alpha value is -1.16. The highest BCUT2D eigenvalue weighted by atomic mass is 16.5. The van der Waals surface area contributed by atoms with Crippen molar-refractivity contribution in [3.63, 3.8) is 0 Å². The average Bonchev–Trinajstić information content (AvgIpc) is 2.21. The minimum Gasteiger partial charge on any atom is -0.493 e. The van der Waals surface area contributed by atoms with Crippen molar-refractivity contribution in [2.24, 2.45) is 5.73 Å². The van der Waals surface area contributed by atoms with E-state index in [1.807, 2.05) is 12.1 Å². The Kier molecular flexibility index (Phi) is 3.83. The molecular formula is C10H14BNO2. The van der Waals surface area contributed by atoms with Gasteiger partial charge in [0.2, 0.25) is 0 Å². The van der Waals surface area contributed by atoms with E-state index in [-0.39, 0.29) is 0 Å². The fourth-order valence-corrected chi connectivity index (χ4v) is 1.37. The summed E-state index contributed by atoms with van der Waals surface area (Å²) < 4.78 is 10.3. The molecule has 74 valence electrons. The van der Waals surface area contributed by atoms with Gasteiger partial charge in [0.05, 0.1) is 14.2 Å². The van der Waals surface area contributed by atoms with Gasteiger partial charge in [0.1, 0.15) is 7.85 Å². The first-order valence-corrected chi connectivity index (χ1v) is 4.44. The topological polar surface area (TPSA) is 44.5 Å². The average molecular weight is 191 g/mol. The number of ether oxygens (including phenoxy) is 2. The summed E-state index contributed by atoms with van der Waals surface area (Å²) in [5.74, 6) is 1.23. The van der Waals surface area contributed by atoms with Crippen molar-refractivity contribution in [3.8, 4) is 11.5 Å². The largest absolute Gasteiger partial charge is 0.493 e. The van der Waals surface area contributed by atoms with Gasteiger partial charge in [0.15, 0.2) is 11.5 Å². The van der Waals surface area contributed by atoms with Gasteiger partial charge >= 0.3 is 0 Å². The van der Waals surface area contributed by atoms with Gasteiger partial charge < -0.3 is 15.2 Å². The Balaban J connectivity index is 3.13. The van der Waals surface area contributed by atoms with Crippen molar-refractivity contribution in [3.05, 3.63) is 17.7 Å². The van der Waals surface area contributed by atoms with Crippen molar-refractivity contribution in [1.82, 2.24) is 0 Å². The van der Waals surface area contributed by atoms with Crippen LogP contribution >= 0.6 is 0 Å². The Morgan fingerprint density at radius 3 is 2.50 bits per heavy atom. The van der Waals surface area contributed by atoms with Crippen LogP contribution in [0.4, 0.5) is 0 Å². The highest BCUT2D eigenvalue weighted by Crippen LogP contribution is 2.24. The molecule has 0 aliphatic heterocycles. The molecule has 2 radical (unpaired) electrons. The van der Waals surface area contributed by atoms with Crippen molar-refractivity contribution in [1.29, 1.82) is 0 Å². The lowest BCUT2D eigenvalue weighted by Gasteiger charge is -2.14. The molecule has 4 heteroatoms. The van der Waals surface area contributed by atoms with Crippen LogP contribution in [0.3, 0.4) is 0 Å². The number of benzene rings is 1. The highest BCUT2D eigenvalue weighted by molar-refractivity contribution is 6.35. The molecule has 0 amide bonds. The van der Waals surface area contributed by atoms with E-state index in [1.165, 1.54) is 0 Å². The van der Waals surface area contributed by atoms with E-state index in [0.29, 0.717) is 23.5 Å². The Labute approximate surface area is 85.6 Å². The monoisotopic (exact) mass is 191 g/mol. The molecule has 0 heterocycles. The smallest absolute Gasteiger partial charge is 0.160 e. The summed E-state index contributed by atoms with van der Waals surface area (Å²) in [4.78, 5) is 0. The van der Waals surface area contributed by atoms with Gasteiger partial charge in [-0.05, 0) is 30.1 Å². The summed E-state index contributed by atoms with van der Waals surface area (Å²) in [5.41, 5.74) is 7.06. The summed E-state index contributed by atoms with van der Waals surface area (Å²) in [6.07, 6.45) is 0.742. The molecule has 0 saturated carbocycles. The second kappa shape index (κ2) is 4.91. The lowest BCUT2D eigenvalue weighted by Crippen LogP contribution is -2.17. The van der Waals surface area contributed by atoms with Gasteiger partial charge in [0.25, 0.3) is 0 Å². The first kappa shape index (κ1) is 10.9. The van der Waals surface area contributed by atoms with E-state index in [0.717, 1.165) is 12.0 Å². The van der Waals surface area contributed by atoms with E-state index in [1.54, 1.807) is 14.2 Å². The van der Waals surface area contributed by atoms with Crippen LogP contribution in [0.2, 0.25) is 0 Å². The van der Waals surface area contributed by atoms with Gasteiger partial charge in [-0.15, -0.1) is 0 Å². The lowest BCUT2D eigenvalue weighted by atomic mass is 9.87. The van der Waals surface area contributed by atoms with Gasteiger partial charge in [0, 0.05) is 0 Å². The number of hydrogen-bond acceptors (Lipinski definition) is 3. The van der Waals surface area contributed by atoms with Crippen LogP contribution in [0, 0.1) is 0 Å². The van der Waals surface area contributed by atoms with E-state index in [4.69, 9.17) is 23.1 Å². The molecule has 1 aromatic rings. The maximum atomic E-state index is 5.90. The van der Waals surface area contributed by atoms with Gasteiger partial charge in [-0.3, -0.25) is 0 Å². The third-order valence-electron chi connectivity index (χ3n) is 2.09. The Morgan fingerprint density at radius 2 is 2.00 bits per heavy atom. The zero-order valence-corrected chi connectivity index (χ0v) is 8.54. The first-order valence-electron chi connectivity index (χ1n) is 4.44. The van der Waals surface area contributed by atoms with Gasteiger partial charge in [-0.2, -0.15) is 0 Å². The molecule has 2 N–H and O–H groups in total. The minimum atomic E-state index is 0.569. The van der Waals surface area contributed by atoms with E-state index in [9.17, 15) is 0 Å². The molecule has 0 fully saturated rings. The molecule has 0 atom stereocenters. The summed E-state index contributed by atoms with van der Waals surface area (Å²) >= 11 is 0. The van der Waals surface area contributed by atoms with Crippen LogP contribution in [0.25, 0.3) is 0 Å². The molecular weight excluding hydrogens is 177 g/mol. The van der Waals surface area contributed by atoms with Gasteiger partial charge in [-0.25, -0.2) is 0 Å². The third kappa shape index (κ3) is 2.01. The Morgan fingerprint density at radius 1 is 1.29 bits per heavy atom. The summed E-state index contributed by atoms with van der Waals surface area (Å²) in [6.45, 7) is 0.569. The summed E-state index contributed by atoms with van der Waals surface area (Å²) in [6, 6.07) is 3.74. The fourth-order valence-electron chi connectivity index (χ4n) is 1.37. The van der Waals surface area contributed by atoms with E-state index in [2.05, 4.69) is 0 Å². The van der Waals surface area contributed by atoms with Crippen molar-refractivity contribution in [2.45, 2.75) is 6.42 Å². The Bertz CT molecular complexity index is 315. The standard InChI is InChI=1S/C10H14BNO2/c1-13-8-4-3-7(5-6-12)9(11)10(8)14-2/h3-4H,5-6,12H2,1-2H3. The molecule has 0 unspecified atom stereocenters. The summed E-state index contributed by atoms with van der Waals surface area (Å²) in [5, 5.41) is 0. The quantitative estimate of drug-likeness (QED) is 0.681. The van der Waals surface area contributed by atoms with Gasteiger partial charge in [-0.1, -0.05) is 6.07 Å². The van der Waals surface area contributed by atoms with E-state index < -0.39 is 0 Å². The molecule has 0 aromatic heterocycles. The first-order chi connectivity index (χ1) is 6.74. The van der Waals surface area contributed by atoms with Crippen LogP contribution < -0.4 is 20.7 Å². The third-order valence-corrected chi connectivity index (χ3v) is 2.09. The molecule has 0 bridgehead atoms. The predicted molar refractivity (Wildman–Crippen MR) is 57.7 cm³/mol. The molecule has 0 aliphatic rings. The lowest BCUT2D eigenvalue weighted by molar-refractivity contribution is 0.357. The van der Waals surface area contributed by atoms with Crippen LogP contribution in [-0.2, 0) is 6.42 Å². The van der Waals surface area contributed by atoms with Crippen LogP contribution in [0.5, 0.6) is 11.5 Å². The zero-order chi connectivity index (χ0) is 10.6. The molecule has 1 rings (SSSR count). The van der Waals surface area contributed by atoms with Crippen LogP contribution in [-0.4, -0.2) is 28.6 Å².